The van der Waals surface area contributed by atoms with Crippen molar-refractivity contribution in [3.63, 3.8) is 0 Å². The van der Waals surface area contributed by atoms with Crippen molar-refractivity contribution in [2.24, 2.45) is 5.92 Å². The number of sulfonamides is 1. The number of thiophene rings is 1. The van der Waals surface area contributed by atoms with Gasteiger partial charge in [-0.25, -0.2) is 8.42 Å². The first-order chi connectivity index (χ1) is 7.41. The fourth-order valence-electron chi connectivity index (χ4n) is 1.69. The molecular formula is C9H11BrClNO2S2. The van der Waals surface area contributed by atoms with Gasteiger partial charge in [0.25, 0.3) is 10.0 Å². The van der Waals surface area contributed by atoms with Gasteiger partial charge in [-0.05, 0) is 34.3 Å². The molecule has 0 bridgehead atoms. The van der Waals surface area contributed by atoms with Gasteiger partial charge in [0.2, 0.25) is 0 Å². The standard InChI is InChI=1S/C9H11BrClNO2S2/c1-6-2-3-12(5-6)16(13,14)8-4-7(11)9(10)15-8/h4,6H,2-3,5H2,1H3. The Balaban J connectivity index is 2.32. The Morgan fingerprint density at radius 2 is 2.31 bits per heavy atom. The highest BCUT2D eigenvalue weighted by Crippen LogP contribution is 2.36. The summed E-state index contributed by atoms with van der Waals surface area (Å²) in [4.78, 5) is 0. The molecule has 1 aromatic rings. The summed E-state index contributed by atoms with van der Waals surface area (Å²) in [6.07, 6.45) is 0.930. The van der Waals surface area contributed by atoms with Crippen molar-refractivity contribution in [2.45, 2.75) is 17.6 Å². The monoisotopic (exact) mass is 343 g/mol. The van der Waals surface area contributed by atoms with Crippen LogP contribution >= 0.6 is 38.9 Å². The lowest BCUT2D eigenvalue weighted by molar-refractivity contribution is 0.466. The topological polar surface area (TPSA) is 37.4 Å². The Bertz CT molecular complexity index is 480. The van der Waals surface area contributed by atoms with Crippen molar-refractivity contribution in [3.8, 4) is 0 Å². The summed E-state index contributed by atoms with van der Waals surface area (Å²) in [6, 6.07) is 1.51. The molecule has 0 aromatic carbocycles. The van der Waals surface area contributed by atoms with Crippen LogP contribution in [0, 0.1) is 5.92 Å². The summed E-state index contributed by atoms with van der Waals surface area (Å²) in [6.45, 7) is 3.28. The first-order valence-electron chi connectivity index (χ1n) is 4.86. The molecule has 16 heavy (non-hydrogen) atoms. The normalized spacial score (nSPS) is 22.8. The van der Waals surface area contributed by atoms with E-state index in [1.54, 1.807) is 0 Å². The van der Waals surface area contributed by atoms with E-state index in [0.717, 1.165) is 17.8 Å². The second-order valence-electron chi connectivity index (χ2n) is 3.94. The molecule has 1 aliphatic heterocycles. The minimum atomic E-state index is -3.34. The van der Waals surface area contributed by atoms with E-state index >= 15 is 0 Å². The molecule has 3 nitrogen and oxygen atoms in total. The van der Waals surface area contributed by atoms with Crippen LogP contribution in [0.4, 0.5) is 0 Å². The van der Waals surface area contributed by atoms with Gasteiger partial charge in [0.15, 0.2) is 0 Å². The predicted molar refractivity (Wildman–Crippen MR) is 69.6 cm³/mol. The number of nitrogens with zero attached hydrogens (tertiary/aromatic N) is 1. The first kappa shape index (κ1) is 12.8. The van der Waals surface area contributed by atoms with Crippen molar-refractivity contribution in [2.75, 3.05) is 13.1 Å². The molecule has 0 aliphatic carbocycles. The molecule has 1 fully saturated rings. The summed E-state index contributed by atoms with van der Waals surface area (Å²) in [5.74, 6) is 0.439. The zero-order chi connectivity index (χ0) is 11.9. The Morgan fingerprint density at radius 1 is 1.62 bits per heavy atom. The molecule has 0 saturated carbocycles. The second kappa shape index (κ2) is 4.57. The molecule has 1 unspecified atom stereocenters. The molecule has 0 N–H and O–H groups in total. The van der Waals surface area contributed by atoms with E-state index in [-0.39, 0.29) is 0 Å². The lowest BCUT2D eigenvalue weighted by atomic mass is 10.2. The van der Waals surface area contributed by atoms with Crippen LogP contribution in [0.1, 0.15) is 13.3 Å². The molecular weight excluding hydrogens is 334 g/mol. The third-order valence-corrected chi connectivity index (χ3v) is 7.39. The molecule has 1 aliphatic rings. The molecule has 0 radical (unpaired) electrons. The quantitative estimate of drug-likeness (QED) is 0.826. The second-order valence-corrected chi connectivity index (χ2v) is 8.89. The van der Waals surface area contributed by atoms with Crippen LogP contribution in [0.5, 0.6) is 0 Å². The van der Waals surface area contributed by atoms with Crippen LogP contribution in [-0.4, -0.2) is 25.8 Å². The van der Waals surface area contributed by atoms with Crippen molar-refractivity contribution in [1.82, 2.24) is 4.31 Å². The molecule has 0 spiro atoms. The van der Waals surface area contributed by atoms with E-state index in [0.29, 0.717) is 32.0 Å². The molecule has 0 amide bonds. The lowest BCUT2D eigenvalue weighted by Gasteiger charge is -2.14. The largest absolute Gasteiger partial charge is 0.252 e. The highest BCUT2D eigenvalue weighted by Gasteiger charge is 2.32. The summed E-state index contributed by atoms with van der Waals surface area (Å²) in [7, 11) is -3.34. The Kier molecular flexibility index (Phi) is 3.66. The van der Waals surface area contributed by atoms with Crippen LogP contribution in [0.25, 0.3) is 0 Å². The third kappa shape index (κ3) is 2.31. The Labute approximate surface area is 113 Å². The van der Waals surface area contributed by atoms with Crippen LogP contribution in [0.15, 0.2) is 14.1 Å². The van der Waals surface area contributed by atoms with Gasteiger partial charge in [0, 0.05) is 13.1 Å². The fourth-order valence-corrected chi connectivity index (χ4v) is 5.82. The van der Waals surface area contributed by atoms with Gasteiger partial charge in [-0.3, -0.25) is 0 Å². The summed E-state index contributed by atoms with van der Waals surface area (Å²) < 4.78 is 26.9. The van der Waals surface area contributed by atoms with Crippen molar-refractivity contribution in [3.05, 3.63) is 14.9 Å². The van der Waals surface area contributed by atoms with Crippen LogP contribution in [0.3, 0.4) is 0 Å². The lowest BCUT2D eigenvalue weighted by Crippen LogP contribution is -2.27. The van der Waals surface area contributed by atoms with E-state index in [2.05, 4.69) is 22.9 Å². The van der Waals surface area contributed by atoms with Gasteiger partial charge in [-0.1, -0.05) is 18.5 Å². The van der Waals surface area contributed by atoms with Gasteiger partial charge >= 0.3 is 0 Å². The molecule has 2 heterocycles. The number of halogens is 2. The van der Waals surface area contributed by atoms with Gasteiger partial charge in [-0.15, -0.1) is 11.3 Å². The minimum absolute atomic E-state index is 0.318. The van der Waals surface area contributed by atoms with E-state index in [1.807, 2.05) is 0 Å². The predicted octanol–water partition coefficient (Wildman–Crippen LogP) is 3.19. The molecule has 90 valence electrons. The summed E-state index contributed by atoms with van der Waals surface area (Å²) in [5.41, 5.74) is 0. The molecule has 1 saturated heterocycles. The fraction of sp³-hybridized carbons (Fsp3) is 0.556. The van der Waals surface area contributed by atoms with Crippen LogP contribution in [0.2, 0.25) is 5.02 Å². The van der Waals surface area contributed by atoms with E-state index in [4.69, 9.17) is 11.6 Å². The smallest absolute Gasteiger partial charge is 0.206 e. The average molecular weight is 345 g/mol. The summed E-state index contributed by atoms with van der Waals surface area (Å²) >= 11 is 10.2. The van der Waals surface area contributed by atoms with Gasteiger partial charge < -0.3 is 0 Å². The highest BCUT2D eigenvalue weighted by atomic mass is 79.9. The zero-order valence-corrected chi connectivity index (χ0v) is 12.6. The van der Waals surface area contributed by atoms with Gasteiger partial charge in [0.1, 0.15) is 4.21 Å². The van der Waals surface area contributed by atoms with Crippen molar-refractivity contribution < 1.29 is 8.42 Å². The maximum absolute atomic E-state index is 12.2. The van der Waals surface area contributed by atoms with Crippen molar-refractivity contribution in [1.29, 1.82) is 0 Å². The Hall–Kier alpha value is 0.380. The van der Waals surface area contributed by atoms with E-state index in [9.17, 15) is 8.42 Å². The molecule has 1 aromatic heterocycles. The molecule has 7 heteroatoms. The minimum Gasteiger partial charge on any atom is -0.206 e. The van der Waals surface area contributed by atoms with E-state index in [1.165, 1.54) is 10.4 Å². The first-order valence-corrected chi connectivity index (χ1v) is 8.29. The van der Waals surface area contributed by atoms with Crippen LogP contribution < -0.4 is 0 Å². The number of hydrogen-bond donors (Lipinski definition) is 0. The maximum Gasteiger partial charge on any atom is 0.252 e. The van der Waals surface area contributed by atoms with Gasteiger partial charge in [0.05, 0.1) is 8.81 Å². The molecule has 2 rings (SSSR count). The zero-order valence-electron chi connectivity index (χ0n) is 8.61. The number of rotatable bonds is 2. The van der Waals surface area contributed by atoms with E-state index < -0.39 is 10.0 Å². The third-order valence-electron chi connectivity index (χ3n) is 2.60. The maximum atomic E-state index is 12.2. The highest BCUT2D eigenvalue weighted by molar-refractivity contribution is 9.11. The average Bonchev–Trinajstić information content (AvgIpc) is 2.75. The van der Waals surface area contributed by atoms with Crippen molar-refractivity contribution >= 4 is 48.9 Å². The van der Waals surface area contributed by atoms with Crippen LogP contribution in [-0.2, 0) is 10.0 Å². The Morgan fingerprint density at radius 3 is 2.75 bits per heavy atom. The number of hydrogen-bond acceptors (Lipinski definition) is 3. The summed E-state index contributed by atoms with van der Waals surface area (Å²) in [5, 5.41) is 0.454. The SMILES string of the molecule is CC1CCN(S(=O)(=O)c2cc(Cl)c(Br)s2)C1. The molecule has 1 atom stereocenters. The van der Waals surface area contributed by atoms with Gasteiger partial charge in [-0.2, -0.15) is 4.31 Å².